The Morgan fingerprint density at radius 2 is 1.89 bits per heavy atom. The molecule has 4 N–H and O–H groups in total. The van der Waals surface area contributed by atoms with Crippen molar-refractivity contribution in [1.82, 2.24) is 10.3 Å². The molecule has 1 amide bonds. The van der Waals surface area contributed by atoms with Crippen LogP contribution in [0.4, 0.5) is 11.5 Å². The number of halogens is 2. The van der Waals surface area contributed by atoms with E-state index in [1.807, 2.05) is 0 Å². The van der Waals surface area contributed by atoms with Gasteiger partial charge in [-0.05, 0) is 57.1 Å². The van der Waals surface area contributed by atoms with Gasteiger partial charge in [-0.1, -0.05) is 23.2 Å². The number of aromatic nitrogens is 1. The lowest BCUT2D eigenvalue weighted by Crippen LogP contribution is -2.36. The number of nitrogens with zero attached hydrogens (tertiary/aromatic N) is 1. The van der Waals surface area contributed by atoms with Gasteiger partial charge in [-0.15, -0.1) is 0 Å². The molecular weight excluding hydrogens is 385 g/mol. The van der Waals surface area contributed by atoms with Gasteiger partial charge in [0.25, 0.3) is 5.91 Å². The van der Waals surface area contributed by atoms with Crippen molar-refractivity contribution >= 4 is 46.3 Å². The second-order valence-electron chi connectivity index (χ2n) is 6.46. The van der Waals surface area contributed by atoms with Crippen LogP contribution in [0.1, 0.15) is 35.7 Å². The lowest BCUT2D eigenvalue weighted by molar-refractivity contribution is 0.102. The Kier molecular flexibility index (Phi) is 6.31. The van der Waals surface area contributed by atoms with Crippen LogP contribution in [0.3, 0.4) is 0 Å². The smallest absolute Gasteiger partial charge is 0.258 e. The minimum absolute atomic E-state index is 0.223. The van der Waals surface area contributed by atoms with E-state index in [0.717, 1.165) is 25.9 Å². The third kappa shape index (κ3) is 4.77. The minimum Gasteiger partial charge on any atom is -0.367 e. The van der Waals surface area contributed by atoms with Crippen LogP contribution in [0.2, 0.25) is 10.0 Å². The van der Waals surface area contributed by atoms with Crippen LogP contribution in [0.5, 0.6) is 0 Å². The number of benzene rings is 1. The van der Waals surface area contributed by atoms with E-state index in [0.29, 0.717) is 22.1 Å². The molecule has 1 aromatic heterocycles. The Labute approximate surface area is 168 Å². The number of pyridine rings is 1. The molecule has 6 nitrogen and oxygen atoms in total. The molecule has 0 spiro atoms. The van der Waals surface area contributed by atoms with E-state index >= 15 is 0 Å². The summed E-state index contributed by atoms with van der Waals surface area (Å²) in [5.74, 6) is 0.160. The number of anilines is 2. The molecule has 8 heteroatoms. The van der Waals surface area contributed by atoms with Crippen molar-refractivity contribution in [3.05, 3.63) is 51.6 Å². The highest BCUT2D eigenvalue weighted by molar-refractivity contribution is 6.38. The van der Waals surface area contributed by atoms with Gasteiger partial charge in [-0.2, -0.15) is 0 Å². The third-order valence-electron chi connectivity index (χ3n) is 4.42. The van der Waals surface area contributed by atoms with Crippen molar-refractivity contribution in [3.63, 3.8) is 0 Å². The largest absolute Gasteiger partial charge is 0.367 e. The first kappa shape index (κ1) is 19.6. The Hall–Kier alpha value is -2.15. The summed E-state index contributed by atoms with van der Waals surface area (Å²) in [7, 11) is 0. The zero-order valence-electron chi connectivity index (χ0n) is 14.9. The first-order valence-corrected chi connectivity index (χ1v) is 9.49. The fraction of sp³-hybridized carbons (Fsp3) is 0.316. The molecule has 1 aliphatic rings. The average molecular weight is 406 g/mol. The van der Waals surface area contributed by atoms with E-state index in [-0.39, 0.29) is 28.2 Å². The number of hydrogen-bond donors (Lipinski definition) is 4. The second-order valence-corrected chi connectivity index (χ2v) is 7.28. The van der Waals surface area contributed by atoms with Gasteiger partial charge in [0.05, 0.1) is 16.1 Å². The zero-order valence-corrected chi connectivity index (χ0v) is 16.4. The van der Waals surface area contributed by atoms with Crippen molar-refractivity contribution in [2.45, 2.75) is 25.8 Å². The number of carbonyl (C=O) groups excluding carboxylic acids is 1. The number of nitrogens with one attached hydrogen (secondary N) is 4. The van der Waals surface area contributed by atoms with Crippen LogP contribution < -0.4 is 16.0 Å². The van der Waals surface area contributed by atoms with Gasteiger partial charge < -0.3 is 21.4 Å². The molecule has 2 heterocycles. The topological polar surface area (TPSA) is 89.9 Å². The highest BCUT2D eigenvalue weighted by Gasteiger charge is 2.22. The van der Waals surface area contributed by atoms with Crippen LogP contribution in [-0.4, -0.2) is 35.7 Å². The van der Waals surface area contributed by atoms with Crippen LogP contribution in [-0.2, 0) is 0 Å². The number of amides is 1. The van der Waals surface area contributed by atoms with E-state index in [1.54, 1.807) is 31.2 Å². The van der Waals surface area contributed by atoms with Gasteiger partial charge in [-0.25, -0.2) is 4.98 Å². The molecule has 1 saturated heterocycles. The lowest BCUT2D eigenvalue weighted by atomic mass is 10.0. The van der Waals surface area contributed by atoms with E-state index in [1.165, 1.54) is 6.20 Å². The number of rotatable bonds is 5. The summed E-state index contributed by atoms with van der Waals surface area (Å²) in [6, 6.07) is 7.06. The predicted molar refractivity (Wildman–Crippen MR) is 111 cm³/mol. The summed E-state index contributed by atoms with van der Waals surface area (Å²) in [6.07, 6.45) is 3.38. The molecule has 1 fully saturated rings. The van der Waals surface area contributed by atoms with Gasteiger partial charge in [0.2, 0.25) is 0 Å². The maximum absolute atomic E-state index is 12.6. The molecule has 27 heavy (non-hydrogen) atoms. The van der Waals surface area contributed by atoms with Crippen molar-refractivity contribution in [2.75, 3.05) is 23.7 Å². The molecule has 0 bridgehead atoms. The van der Waals surface area contributed by atoms with Crippen LogP contribution in [0.15, 0.2) is 30.5 Å². The summed E-state index contributed by atoms with van der Waals surface area (Å²) in [5, 5.41) is 18.4. The van der Waals surface area contributed by atoms with E-state index in [9.17, 15) is 4.79 Å². The molecular formula is C19H21Cl2N5O. The maximum Gasteiger partial charge on any atom is 0.258 e. The van der Waals surface area contributed by atoms with Crippen molar-refractivity contribution < 1.29 is 4.79 Å². The highest BCUT2D eigenvalue weighted by atomic mass is 35.5. The Balaban J connectivity index is 1.85. The average Bonchev–Trinajstić information content (AvgIpc) is 2.64. The normalized spacial score (nSPS) is 14.6. The van der Waals surface area contributed by atoms with E-state index < -0.39 is 0 Å². The minimum atomic E-state index is -0.384. The van der Waals surface area contributed by atoms with Gasteiger partial charge in [0.15, 0.2) is 0 Å². The van der Waals surface area contributed by atoms with Crippen molar-refractivity contribution in [2.24, 2.45) is 0 Å². The summed E-state index contributed by atoms with van der Waals surface area (Å²) in [6.45, 7) is 3.51. The molecule has 1 aromatic carbocycles. The Bertz CT molecular complexity index is 848. The lowest BCUT2D eigenvalue weighted by Gasteiger charge is -2.25. The Morgan fingerprint density at radius 1 is 1.22 bits per heavy atom. The number of hydrogen-bond acceptors (Lipinski definition) is 5. The summed E-state index contributed by atoms with van der Waals surface area (Å²) < 4.78 is 0. The quantitative estimate of drug-likeness (QED) is 0.561. The molecule has 0 saturated carbocycles. The third-order valence-corrected chi connectivity index (χ3v) is 5.06. The maximum atomic E-state index is 12.6. The molecule has 142 valence electrons. The van der Waals surface area contributed by atoms with E-state index in [4.69, 9.17) is 28.6 Å². The van der Waals surface area contributed by atoms with Crippen molar-refractivity contribution in [1.29, 1.82) is 5.41 Å². The second kappa shape index (κ2) is 8.69. The van der Waals surface area contributed by atoms with Gasteiger partial charge in [0, 0.05) is 28.7 Å². The molecule has 0 radical (unpaired) electrons. The Morgan fingerprint density at radius 3 is 2.52 bits per heavy atom. The molecule has 2 aromatic rings. The van der Waals surface area contributed by atoms with Gasteiger partial charge in [0.1, 0.15) is 5.82 Å². The van der Waals surface area contributed by atoms with Gasteiger partial charge >= 0.3 is 0 Å². The fourth-order valence-corrected chi connectivity index (χ4v) is 3.48. The number of piperidine rings is 1. The molecule has 1 aliphatic heterocycles. The first-order chi connectivity index (χ1) is 13.0. The van der Waals surface area contributed by atoms with Crippen LogP contribution >= 0.6 is 23.2 Å². The SMILES string of the molecule is CC(=N)c1c(NC2CCNCC2)ncc(C(=O)Nc2ccc(Cl)cc2)c1Cl. The standard InChI is InChI=1S/C19H21Cl2N5O/c1-11(22)16-17(21)15(19(27)26-13-4-2-12(20)3-5-13)10-24-18(16)25-14-6-8-23-9-7-14/h2-5,10,14,22-23H,6-9H2,1H3,(H,24,25)(H,26,27). The van der Waals surface area contributed by atoms with Gasteiger partial charge in [-0.3, -0.25) is 4.79 Å². The molecule has 0 unspecified atom stereocenters. The molecule has 3 rings (SSSR count). The predicted octanol–water partition coefficient (Wildman–Crippen LogP) is 4.19. The molecule has 0 atom stereocenters. The first-order valence-electron chi connectivity index (χ1n) is 8.74. The summed E-state index contributed by atoms with van der Waals surface area (Å²) in [5.41, 5.74) is 1.54. The number of carbonyl (C=O) groups is 1. The van der Waals surface area contributed by atoms with E-state index in [2.05, 4.69) is 20.9 Å². The van der Waals surface area contributed by atoms with Crippen LogP contribution in [0, 0.1) is 5.41 Å². The summed E-state index contributed by atoms with van der Waals surface area (Å²) in [4.78, 5) is 17.0. The zero-order chi connectivity index (χ0) is 19.4. The monoisotopic (exact) mass is 405 g/mol. The molecule has 0 aliphatic carbocycles. The summed E-state index contributed by atoms with van der Waals surface area (Å²) >= 11 is 12.4. The van der Waals surface area contributed by atoms with Crippen LogP contribution in [0.25, 0.3) is 0 Å². The highest BCUT2D eigenvalue weighted by Crippen LogP contribution is 2.29. The van der Waals surface area contributed by atoms with Crippen molar-refractivity contribution in [3.8, 4) is 0 Å². The fourth-order valence-electron chi connectivity index (χ4n) is 2.99.